The number of aromatic nitrogens is 1. The number of nitrogens with one attached hydrogen (secondary N) is 1. The Kier molecular flexibility index (Phi) is 4.43. The Labute approximate surface area is 178 Å². The van der Waals surface area contributed by atoms with Crippen LogP contribution in [0.1, 0.15) is 40.6 Å². The standard InChI is InChI=1S/C23H21N3O5/c1-25-18-5-3-2-4-15(18)23(30)26-11-10-14-16-12-13(31-20(29)9-8-19(27)28)6-7-17(16)24-21(14)22(25)26/h2-7,12,22,24H,8-11H2,1H3,(H,27,28). The second-order valence-corrected chi connectivity index (χ2v) is 7.84. The molecule has 1 aromatic heterocycles. The number of anilines is 1. The first kappa shape index (κ1) is 19.2. The molecule has 1 amide bonds. The number of carboxylic acids is 1. The molecule has 3 aromatic rings. The summed E-state index contributed by atoms with van der Waals surface area (Å²) in [5.74, 6) is -1.21. The summed E-state index contributed by atoms with van der Waals surface area (Å²) in [5, 5.41) is 9.67. The van der Waals surface area contributed by atoms with E-state index in [9.17, 15) is 14.4 Å². The zero-order chi connectivity index (χ0) is 21.7. The van der Waals surface area contributed by atoms with Gasteiger partial charge < -0.3 is 24.6 Å². The van der Waals surface area contributed by atoms with Crippen molar-refractivity contribution in [2.45, 2.75) is 25.4 Å². The second-order valence-electron chi connectivity index (χ2n) is 7.84. The van der Waals surface area contributed by atoms with Crippen LogP contribution in [-0.4, -0.2) is 46.4 Å². The summed E-state index contributed by atoms with van der Waals surface area (Å²) in [5.41, 5.74) is 4.56. The molecule has 1 atom stereocenters. The highest BCUT2D eigenvalue weighted by atomic mass is 16.5. The fourth-order valence-electron chi connectivity index (χ4n) is 4.57. The Bertz CT molecular complexity index is 1230. The number of carbonyl (C=O) groups is 3. The van der Waals surface area contributed by atoms with E-state index in [1.54, 1.807) is 12.1 Å². The number of ether oxygens (including phenoxy) is 1. The normalized spacial score (nSPS) is 17.2. The lowest BCUT2D eigenvalue weighted by molar-refractivity contribution is -0.142. The molecule has 3 heterocycles. The van der Waals surface area contributed by atoms with Gasteiger partial charge in [-0.2, -0.15) is 0 Å². The lowest BCUT2D eigenvalue weighted by Gasteiger charge is -2.46. The van der Waals surface area contributed by atoms with Crippen LogP contribution in [0, 0.1) is 0 Å². The van der Waals surface area contributed by atoms with E-state index >= 15 is 0 Å². The molecule has 8 heteroatoms. The third-order valence-electron chi connectivity index (χ3n) is 5.98. The van der Waals surface area contributed by atoms with Gasteiger partial charge in [-0.1, -0.05) is 12.1 Å². The zero-order valence-electron chi connectivity index (χ0n) is 16.9. The van der Waals surface area contributed by atoms with Crippen LogP contribution in [0.15, 0.2) is 42.5 Å². The average molecular weight is 419 g/mol. The third kappa shape index (κ3) is 3.11. The van der Waals surface area contributed by atoms with Gasteiger partial charge in [0.15, 0.2) is 0 Å². The molecule has 0 spiro atoms. The minimum absolute atomic E-state index is 0.0241. The van der Waals surface area contributed by atoms with Gasteiger partial charge in [-0.15, -0.1) is 0 Å². The Balaban J connectivity index is 1.50. The van der Waals surface area contributed by atoms with Gasteiger partial charge in [-0.3, -0.25) is 14.4 Å². The van der Waals surface area contributed by atoms with Crippen molar-refractivity contribution in [1.29, 1.82) is 0 Å². The summed E-state index contributed by atoms with van der Waals surface area (Å²) in [6, 6.07) is 13.0. The molecule has 0 radical (unpaired) electrons. The Morgan fingerprint density at radius 2 is 2.00 bits per heavy atom. The van der Waals surface area contributed by atoms with Gasteiger partial charge in [-0.25, -0.2) is 0 Å². The molecule has 2 N–H and O–H groups in total. The zero-order valence-corrected chi connectivity index (χ0v) is 16.9. The summed E-state index contributed by atoms with van der Waals surface area (Å²) < 4.78 is 5.33. The minimum Gasteiger partial charge on any atom is -0.481 e. The molecule has 2 aliphatic heterocycles. The molecule has 1 unspecified atom stereocenters. The van der Waals surface area contributed by atoms with Crippen molar-refractivity contribution < 1.29 is 24.2 Å². The lowest BCUT2D eigenvalue weighted by Crippen LogP contribution is -2.51. The van der Waals surface area contributed by atoms with Crippen molar-refractivity contribution in [1.82, 2.24) is 9.88 Å². The Morgan fingerprint density at radius 1 is 1.19 bits per heavy atom. The predicted octanol–water partition coefficient (Wildman–Crippen LogP) is 3.09. The van der Waals surface area contributed by atoms with Crippen molar-refractivity contribution in [3.63, 3.8) is 0 Å². The number of carbonyl (C=O) groups excluding carboxylic acids is 2. The fourth-order valence-corrected chi connectivity index (χ4v) is 4.57. The highest BCUT2D eigenvalue weighted by Crippen LogP contribution is 2.43. The molecule has 0 fully saturated rings. The quantitative estimate of drug-likeness (QED) is 0.498. The van der Waals surface area contributed by atoms with Crippen LogP contribution < -0.4 is 9.64 Å². The number of H-pyrrole nitrogens is 1. The third-order valence-corrected chi connectivity index (χ3v) is 5.98. The van der Waals surface area contributed by atoms with Crippen LogP contribution in [0.2, 0.25) is 0 Å². The van der Waals surface area contributed by atoms with Crippen LogP contribution in [0.5, 0.6) is 5.75 Å². The molecule has 0 aliphatic carbocycles. The summed E-state index contributed by atoms with van der Waals surface area (Å²) >= 11 is 0. The summed E-state index contributed by atoms with van der Waals surface area (Å²) in [4.78, 5) is 43.1. The SMILES string of the molecule is CN1c2ccccc2C(=O)N2CCc3c([nH]c4ccc(OC(=O)CCC(=O)O)cc34)C21. The van der Waals surface area contributed by atoms with E-state index in [-0.39, 0.29) is 24.9 Å². The number of aromatic amines is 1. The minimum atomic E-state index is -1.04. The number of amides is 1. The number of para-hydroxylation sites is 1. The van der Waals surface area contributed by atoms with E-state index in [1.165, 1.54) is 0 Å². The second kappa shape index (κ2) is 7.16. The smallest absolute Gasteiger partial charge is 0.311 e. The summed E-state index contributed by atoms with van der Waals surface area (Å²) in [7, 11) is 1.99. The molecule has 0 bridgehead atoms. The summed E-state index contributed by atoms with van der Waals surface area (Å²) in [6.45, 7) is 0.588. The molecule has 2 aliphatic rings. The number of carboxylic acid groups (broad SMARTS) is 1. The maximum atomic E-state index is 13.1. The largest absolute Gasteiger partial charge is 0.481 e. The average Bonchev–Trinajstić information content (AvgIpc) is 3.13. The van der Waals surface area contributed by atoms with Crippen LogP contribution in [0.3, 0.4) is 0 Å². The Hall–Kier alpha value is -3.81. The maximum Gasteiger partial charge on any atom is 0.311 e. The van der Waals surface area contributed by atoms with Crippen molar-refractivity contribution >= 4 is 34.4 Å². The van der Waals surface area contributed by atoms with Gasteiger partial charge in [0.1, 0.15) is 11.9 Å². The monoisotopic (exact) mass is 419 g/mol. The van der Waals surface area contributed by atoms with Gasteiger partial charge in [0.05, 0.1) is 29.8 Å². The first-order chi connectivity index (χ1) is 14.9. The molecule has 31 heavy (non-hydrogen) atoms. The molecule has 2 aromatic carbocycles. The van der Waals surface area contributed by atoms with Gasteiger partial charge in [0.25, 0.3) is 5.91 Å². The van der Waals surface area contributed by atoms with Crippen LogP contribution in [0.25, 0.3) is 10.9 Å². The van der Waals surface area contributed by atoms with Crippen LogP contribution in [0.4, 0.5) is 5.69 Å². The number of fused-ring (bicyclic) bond motifs is 6. The topological polar surface area (TPSA) is 103 Å². The molecule has 8 nitrogen and oxygen atoms in total. The van der Waals surface area contributed by atoms with Crippen molar-refractivity contribution in [3.8, 4) is 5.75 Å². The van der Waals surface area contributed by atoms with Crippen molar-refractivity contribution in [2.75, 3.05) is 18.5 Å². The molecule has 5 rings (SSSR count). The van der Waals surface area contributed by atoms with Crippen LogP contribution >= 0.6 is 0 Å². The number of nitrogens with zero attached hydrogens (tertiary/aromatic N) is 2. The molecular weight excluding hydrogens is 398 g/mol. The van der Waals surface area contributed by atoms with E-state index < -0.39 is 11.9 Å². The van der Waals surface area contributed by atoms with E-state index in [0.29, 0.717) is 24.3 Å². The van der Waals surface area contributed by atoms with Gasteiger partial charge in [-0.05, 0) is 42.3 Å². The van der Waals surface area contributed by atoms with Gasteiger partial charge in [0.2, 0.25) is 0 Å². The Morgan fingerprint density at radius 3 is 2.81 bits per heavy atom. The summed E-state index contributed by atoms with van der Waals surface area (Å²) in [6.07, 6.45) is 0.00600. The van der Waals surface area contributed by atoms with E-state index in [4.69, 9.17) is 9.84 Å². The highest BCUT2D eigenvalue weighted by molar-refractivity contribution is 6.02. The van der Waals surface area contributed by atoms with Crippen LogP contribution in [-0.2, 0) is 16.0 Å². The number of hydrogen-bond donors (Lipinski definition) is 2. The number of benzene rings is 2. The van der Waals surface area contributed by atoms with Crippen molar-refractivity contribution in [3.05, 3.63) is 59.3 Å². The maximum absolute atomic E-state index is 13.1. The van der Waals surface area contributed by atoms with E-state index in [1.807, 2.05) is 42.3 Å². The fraction of sp³-hybridized carbons (Fsp3) is 0.261. The number of aliphatic carboxylic acids is 1. The van der Waals surface area contributed by atoms with E-state index in [2.05, 4.69) is 9.88 Å². The molecular formula is C23H21N3O5. The number of rotatable bonds is 4. The van der Waals surface area contributed by atoms with Gasteiger partial charge >= 0.3 is 11.9 Å². The van der Waals surface area contributed by atoms with Crippen molar-refractivity contribution in [2.24, 2.45) is 0 Å². The molecule has 158 valence electrons. The molecule has 0 saturated heterocycles. The lowest BCUT2D eigenvalue weighted by atomic mass is 9.96. The highest BCUT2D eigenvalue weighted by Gasteiger charge is 2.41. The van der Waals surface area contributed by atoms with Gasteiger partial charge in [0, 0.05) is 24.5 Å². The number of hydrogen-bond acceptors (Lipinski definition) is 5. The number of esters is 1. The predicted molar refractivity (Wildman–Crippen MR) is 113 cm³/mol. The molecule has 0 saturated carbocycles. The first-order valence-electron chi connectivity index (χ1n) is 10.1. The first-order valence-corrected chi connectivity index (χ1v) is 10.1. The van der Waals surface area contributed by atoms with E-state index in [0.717, 1.165) is 27.8 Å².